The van der Waals surface area contributed by atoms with E-state index in [2.05, 4.69) is 11.1 Å². The first-order valence-corrected chi connectivity index (χ1v) is 11.3. The Labute approximate surface area is 211 Å². The van der Waals surface area contributed by atoms with Crippen molar-refractivity contribution in [1.82, 2.24) is 0 Å². The van der Waals surface area contributed by atoms with Crippen LogP contribution >= 0.6 is 11.6 Å². The van der Waals surface area contributed by atoms with Crippen molar-refractivity contribution in [2.75, 3.05) is 7.11 Å². The van der Waals surface area contributed by atoms with Crippen molar-refractivity contribution in [3.8, 4) is 40.4 Å². The van der Waals surface area contributed by atoms with E-state index in [-0.39, 0.29) is 11.4 Å². The molecule has 8 heteroatoms. The summed E-state index contributed by atoms with van der Waals surface area (Å²) in [6.45, 7) is 0.365. The van der Waals surface area contributed by atoms with E-state index in [1.165, 1.54) is 12.5 Å². The summed E-state index contributed by atoms with van der Waals surface area (Å²) in [5.74, 6) is 2.57. The van der Waals surface area contributed by atoms with E-state index in [1.807, 2.05) is 30.3 Å². The molecule has 7 nitrogen and oxygen atoms in total. The summed E-state index contributed by atoms with van der Waals surface area (Å²) in [6.07, 6.45) is 4.64. The number of ether oxygens (including phenoxy) is 2. The van der Waals surface area contributed by atoms with Crippen molar-refractivity contribution in [2.24, 2.45) is 4.99 Å². The van der Waals surface area contributed by atoms with Crippen LogP contribution in [0, 0.1) is 11.3 Å². The molecule has 0 aliphatic heterocycles. The van der Waals surface area contributed by atoms with Gasteiger partial charge in [0.15, 0.2) is 23.0 Å². The van der Waals surface area contributed by atoms with Gasteiger partial charge < -0.3 is 22.7 Å². The maximum absolute atomic E-state index is 9.89. The Morgan fingerprint density at radius 2 is 1.72 bits per heavy atom. The molecule has 0 spiro atoms. The third-order valence-electron chi connectivity index (χ3n) is 5.34. The average molecular weight is 499 g/mol. The number of nitrogens with zero attached hydrogens (tertiary/aromatic N) is 2. The summed E-state index contributed by atoms with van der Waals surface area (Å²) in [4.78, 5) is 4.45. The lowest BCUT2D eigenvalue weighted by molar-refractivity contribution is 0.284. The van der Waals surface area contributed by atoms with Gasteiger partial charge in [0.2, 0.25) is 5.88 Å². The first-order chi connectivity index (χ1) is 17.7. The lowest BCUT2D eigenvalue weighted by Gasteiger charge is -2.11. The number of benzene rings is 2. The number of hydrogen-bond donors (Lipinski definition) is 0. The van der Waals surface area contributed by atoms with Crippen LogP contribution < -0.4 is 9.47 Å². The van der Waals surface area contributed by atoms with Gasteiger partial charge in [0.25, 0.3) is 0 Å². The van der Waals surface area contributed by atoms with Gasteiger partial charge in [-0.05, 0) is 65.7 Å². The molecule has 5 rings (SSSR count). The number of hydrogen-bond acceptors (Lipinski definition) is 7. The fourth-order valence-corrected chi connectivity index (χ4v) is 3.74. The smallest absolute Gasteiger partial charge is 0.238 e. The third kappa shape index (κ3) is 4.76. The highest BCUT2D eigenvalue weighted by molar-refractivity contribution is 6.30. The van der Waals surface area contributed by atoms with E-state index >= 15 is 0 Å². The van der Waals surface area contributed by atoms with Crippen LogP contribution in [0.1, 0.15) is 16.7 Å². The van der Waals surface area contributed by atoms with Crippen molar-refractivity contribution in [3.63, 3.8) is 0 Å². The Morgan fingerprint density at radius 1 is 0.972 bits per heavy atom. The first-order valence-electron chi connectivity index (χ1n) is 10.9. The Bertz CT molecular complexity index is 1530. The van der Waals surface area contributed by atoms with Gasteiger partial charge >= 0.3 is 0 Å². The van der Waals surface area contributed by atoms with Gasteiger partial charge in [0, 0.05) is 11.2 Å². The van der Waals surface area contributed by atoms with Crippen LogP contribution in [0.4, 0.5) is 5.88 Å². The van der Waals surface area contributed by atoms with E-state index in [4.69, 9.17) is 34.3 Å². The number of rotatable bonds is 8. The fraction of sp³-hybridized carbons (Fsp3) is 0.0714. The molecular weight excluding hydrogens is 480 g/mol. The topological polar surface area (TPSA) is 94.0 Å². The molecule has 0 unspecified atom stereocenters. The van der Waals surface area contributed by atoms with Gasteiger partial charge in [-0.25, -0.2) is 4.99 Å². The number of halogens is 1. The van der Waals surface area contributed by atoms with Crippen molar-refractivity contribution < 1.29 is 22.7 Å². The molecule has 178 valence electrons. The molecule has 36 heavy (non-hydrogen) atoms. The zero-order chi connectivity index (χ0) is 24.9. The molecule has 0 radical (unpaired) electrons. The van der Waals surface area contributed by atoms with Gasteiger partial charge in [-0.1, -0.05) is 23.7 Å². The second kappa shape index (κ2) is 10.3. The zero-order valence-corrected chi connectivity index (χ0v) is 19.9. The maximum Gasteiger partial charge on any atom is 0.238 e. The third-order valence-corrected chi connectivity index (χ3v) is 5.59. The van der Waals surface area contributed by atoms with E-state index in [0.29, 0.717) is 46.0 Å². The SMILES string of the molecule is COc1cc(C=Nc2oc(-c3ccco3)c(-c3ccco3)c2C#N)ccc1OCc1ccc(Cl)cc1. The molecule has 0 fully saturated rings. The summed E-state index contributed by atoms with van der Waals surface area (Å²) >= 11 is 5.94. The summed E-state index contributed by atoms with van der Waals surface area (Å²) in [7, 11) is 1.57. The summed E-state index contributed by atoms with van der Waals surface area (Å²) in [5, 5.41) is 10.6. The van der Waals surface area contributed by atoms with Crippen molar-refractivity contribution in [3.05, 3.63) is 101 Å². The van der Waals surface area contributed by atoms with Gasteiger partial charge in [0.05, 0.1) is 25.2 Å². The zero-order valence-electron chi connectivity index (χ0n) is 19.1. The van der Waals surface area contributed by atoms with Crippen LogP contribution in [0.2, 0.25) is 5.02 Å². The minimum atomic E-state index is 0.136. The van der Waals surface area contributed by atoms with E-state index in [1.54, 1.807) is 49.7 Å². The number of aliphatic imine (C=N–C) groups is 1. The molecule has 0 aliphatic carbocycles. The van der Waals surface area contributed by atoms with Crippen molar-refractivity contribution in [1.29, 1.82) is 5.26 Å². The molecule has 0 bridgehead atoms. The summed E-state index contributed by atoms with van der Waals surface area (Å²) in [5.41, 5.74) is 2.43. The largest absolute Gasteiger partial charge is 0.493 e. The lowest BCUT2D eigenvalue weighted by atomic mass is 10.1. The predicted molar refractivity (Wildman–Crippen MR) is 135 cm³/mol. The predicted octanol–water partition coefficient (Wildman–Crippen LogP) is 7.66. The van der Waals surface area contributed by atoms with Gasteiger partial charge in [0.1, 0.15) is 24.0 Å². The minimum Gasteiger partial charge on any atom is -0.493 e. The monoisotopic (exact) mass is 498 g/mol. The number of furan rings is 3. The Balaban J connectivity index is 1.43. The molecule has 2 aromatic carbocycles. The average Bonchev–Trinajstić information content (AvgIpc) is 3.68. The molecule has 3 aromatic heterocycles. The van der Waals surface area contributed by atoms with Crippen molar-refractivity contribution >= 4 is 23.7 Å². The van der Waals surface area contributed by atoms with Crippen LogP contribution in [0.25, 0.3) is 22.8 Å². The molecule has 0 atom stereocenters. The van der Waals surface area contributed by atoms with E-state index in [0.717, 1.165) is 11.1 Å². The highest BCUT2D eigenvalue weighted by Crippen LogP contribution is 2.42. The first kappa shape index (κ1) is 23.1. The molecule has 0 saturated carbocycles. The Kier molecular flexibility index (Phi) is 6.61. The highest BCUT2D eigenvalue weighted by Gasteiger charge is 2.26. The Morgan fingerprint density at radius 3 is 2.39 bits per heavy atom. The maximum atomic E-state index is 9.89. The van der Waals surface area contributed by atoms with Gasteiger partial charge in [-0.3, -0.25) is 0 Å². The molecule has 0 aliphatic rings. The second-order valence-corrected chi connectivity index (χ2v) is 8.07. The van der Waals surface area contributed by atoms with E-state index in [9.17, 15) is 5.26 Å². The van der Waals surface area contributed by atoms with Crippen LogP contribution in [-0.4, -0.2) is 13.3 Å². The molecule has 5 aromatic rings. The quantitative estimate of drug-likeness (QED) is 0.204. The fourth-order valence-electron chi connectivity index (χ4n) is 3.61. The van der Waals surface area contributed by atoms with Crippen LogP contribution in [0.3, 0.4) is 0 Å². The van der Waals surface area contributed by atoms with Gasteiger partial charge in [-0.2, -0.15) is 5.26 Å². The van der Waals surface area contributed by atoms with Crippen LogP contribution in [0.15, 0.2) is 97.5 Å². The molecule has 3 heterocycles. The number of methoxy groups -OCH3 is 1. The Hall–Kier alpha value is -4.67. The molecule has 0 amide bonds. The summed E-state index contributed by atoms with van der Waals surface area (Å²) in [6, 6.07) is 22.0. The standard InChI is InChI=1S/C28H19ClN2O5/c1-32-25-14-19(8-11-22(25)35-17-18-6-9-20(29)10-7-18)16-31-28-21(15-30)26(23-4-2-12-33-23)27(36-28)24-5-3-13-34-24/h2-14,16H,17H2,1H3. The molecule has 0 N–H and O–H groups in total. The molecule has 0 saturated heterocycles. The van der Waals surface area contributed by atoms with Crippen LogP contribution in [0.5, 0.6) is 11.5 Å². The van der Waals surface area contributed by atoms with Gasteiger partial charge in [-0.15, -0.1) is 0 Å². The van der Waals surface area contributed by atoms with E-state index < -0.39 is 0 Å². The minimum absolute atomic E-state index is 0.136. The molecular formula is C28H19ClN2O5. The lowest BCUT2D eigenvalue weighted by Crippen LogP contribution is -1.98. The highest BCUT2D eigenvalue weighted by atomic mass is 35.5. The van der Waals surface area contributed by atoms with Crippen molar-refractivity contribution in [2.45, 2.75) is 6.61 Å². The summed E-state index contributed by atoms with van der Waals surface area (Å²) < 4.78 is 28.4. The normalized spacial score (nSPS) is 11.0. The number of nitriles is 1. The van der Waals surface area contributed by atoms with Crippen LogP contribution in [-0.2, 0) is 6.61 Å². The second-order valence-electron chi connectivity index (χ2n) is 7.64.